The highest BCUT2D eigenvalue weighted by molar-refractivity contribution is 5.89. The Bertz CT molecular complexity index is 669. The lowest BCUT2D eigenvalue weighted by atomic mass is 9.75. The lowest BCUT2D eigenvalue weighted by Crippen LogP contribution is -2.30. The number of carboxylic acids is 1. The van der Waals surface area contributed by atoms with Crippen LogP contribution in [0.25, 0.3) is 10.8 Å². The van der Waals surface area contributed by atoms with Gasteiger partial charge in [0, 0.05) is 0 Å². The molecule has 2 aromatic carbocycles. The SMILES string of the molecule is O=C(O)Cc1ccc2ccccc2c1C1(O)CCCCC1. The number of carbonyl (C=O) groups is 1. The van der Waals surface area contributed by atoms with Crippen molar-refractivity contribution in [1.29, 1.82) is 0 Å². The quantitative estimate of drug-likeness (QED) is 0.905. The Labute approximate surface area is 124 Å². The van der Waals surface area contributed by atoms with Crippen molar-refractivity contribution in [2.75, 3.05) is 0 Å². The zero-order valence-electron chi connectivity index (χ0n) is 12.0. The number of aliphatic hydroxyl groups is 1. The number of aliphatic carboxylic acids is 1. The number of rotatable bonds is 3. The molecule has 0 amide bonds. The van der Waals surface area contributed by atoms with Gasteiger partial charge in [0.05, 0.1) is 12.0 Å². The smallest absolute Gasteiger partial charge is 0.307 e. The van der Waals surface area contributed by atoms with Crippen molar-refractivity contribution < 1.29 is 15.0 Å². The van der Waals surface area contributed by atoms with Crippen LogP contribution in [0.15, 0.2) is 36.4 Å². The molecule has 0 bridgehead atoms. The van der Waals surface area contributed by atoms with E-state index in [2.05, 4.69) is 0 Å². The highest BCUT2D eigenvalue weighted by atomic mass is 16.4. The summed E-state index contributed by atoms with van der Waals surface area (Å²) in [5, 5.41) is 22.3. The summed E-state index contributed by atoms with van der Waals surface area (Å²) in [4.78, 5) is 11.2. The maximum Gasteiger partial charge on any atom is 0.307 e. The summed E-state index contributed by atoms with van der Waals surface area (Å²) >= 11 is 0. The molecule has 0 spiro atoms. The topological polar surface area (TPSA) is 57.5 Å². The van der Waals surface area contributed by atoms with Crippen molar-refractivity contribution in [3.8, 4) is 0 Å². The first-order valence-electron chi connectivity index (χ1n) is 7.55. The van der Waals surface area contributed by atoms with Crippen molar-refractivity contribution >= 4 is 16.7 Å². The molecule has 3 rings (SSSR count). The number of benzene rings is 2. The molecule has 3 nitrogen and oxygen atoms in total. The molecule has 0 aromatic heterocycles. The Balaban J connectivity index is 2.22. The van der Waals surface area contributed by atoms with Crippen molar-refractivity contribution in [2.24, 2.45) is 0 Å². The van der Waals surface area contributed by atoms with Crippen molar-refractivity contribution in [1.82, 2.24) is 0 Å². The monoisotopic (exact) mass is 284 g/mol. The van der Waals surface area contributed by atoms with Crippen molar-refractivity contribution in [2.45, 2.75) is 44.1 Å². The standard InChI is InChI=1S/C18H20O3/c19-16(20)12-14-9-8-13-6-2-3-7-15(13)17(14)18(21)10-4-1-5-11-18/h2-3,6-9,21H,1,4-5,10-12H2,(H,19,20). The van der Waals surface area contributed by atoms with E-state index in [1.807, 2.05) is 36.4 Å². The van der Waals surface area contributed by atoms with E-state index in [0.717, 1.165) is 41.2 Å². The summed E-state index contributed by atoms with van der Waals surface area (Å²) in [5.41, 5.74) is 0.692. The van der Waals surface area contributed by atoms with Gasteiger partial charge in [0.25, 0.3) is 0 Å². The molecule has 1 aliphatic rings. The minimum Gasteiger partial charge on any atom is -0.481 e. The fraction of sp³-hybridized carbons (Fsp3) is 0.389. The second-order valence-electron chi connectivity index (χ2n) is 5.98. The summed E-state index contributed by atoms with van der Waals surface area (Å²) < 4.78 is 0. The van der Waals surface area contributed by atoms with Gasteiger partial charge in [-0.05, 0) is 34.7 Å². The van der Waals surface area contributed by atoms with Gasteiger partial charge in [-0.25, -0.2) is 0 Å². The van der Waals surface area contributed by atoms with Crippen molar-refractivity contribution in [3.05, 3.63) is 47.5 Å². The van der Waals surface area contributed by atoms with E-state index in [1.165, 1.54) is 0 Å². The van der Waals surface area contributed by atoms with E-state index in [1.54, 1.807) is 0 Å². The molecule has 3 heteroatoms. The molecule has 0 unspecified atom stereocenters. The van der Waals surface area contributed by atoms with E-state index in [9.17, 15) is 9.90 Å². The van der Waals surface area contributed by atoms with Crippen LogP contribution < -0.4 is 0 Å². The second kappa shape index (κ2) is 5.49. The minimum atomic E-state index is -0.885. The van der Waals surface area contributed by atoms with Gasteiger partial charge in [0.2, 0.25) is 0 Å². The molecule has 21 heavy (non-hydrogen) atoms. The molecule has 1 aliphatic carbocycles. The van der Waals surface area contributed by atoms with Crippen LogP contribution in [-0.4, -0.2) is 16.2 Å². The molecule has 0 saturated heterocycles. The minimum absolute atomic E-state index is 0.0392. The first-order chi connectivity index (χ1) is 10.1. The number of hydrogen-bond acceptors (Lipinski definition) is 2. The van der Waals surface area contributed by atoms with Gasteiger partial charge in [-0.2, -0.15) is 0 Å². The van der Waals surface area contributed by atoms with E-state index in [-0.39, 0.29) is 6.42 Å². The van der Waals surface area contributed by atoms with Crippen LogP contribution in [0.4, 0.5) is 0 Å². The Hall–Kier alpha value is -1.87. The highest BCUT2D eigenvalue weighted by Crippen LogP contribution is 2.42. The maximum atomic E-state index is 11.2. The van der Waals surface area contributed by atoms with E-state index in [4.69, 9.17) is 5.11 Å². The molecule has 0 aliphatic heterocycles. The van der Waals surface area contributed by atoms with Gasteiger partial charge in [0.15, 0.2) is 0 Å². The van der Waals surface area contributed by atoms with E-state index in [0.29, 0.717) is 12.8 Å². The Morgan fingerprint density at radius 2 is 1.76 bits per heavy atom. The van der Waals surface area contributed by atoms with Crippen LogP contribution in [-0.2, 0) is 16.8 Å². The third-order valence-corrected chi connectivity index (χ3v) is 4.50. The van der Waals surface area contributed by atoms with Gasteiger partial charge in [-0.3, -0.25) is 4.79 Å². The molecular weight excluding hydrogens is 264 g/mol. The Morgan fingerprint density at radius 3 is 2.48 bits per heavy atom. The van der Waals surface area contributed by atoms with Gasteiger partial charge < -0.3 is 10.2 Å². The van der Waals surface area contributed by atoms with Crippen LogP contribution in [0, 0.1) is 0 Å². The molecule has 110 valence electrons. The third kappa shape index (κ3) is 2.66. The van der Waals surface area contributed by atoms with E-state index >= 15 is 0 Å². The predicted molar refractivity (Wildman–Crippen MR) is 82.3 cm³/mol. The molecule has 0 radical (unpaired) electrons. The average Bonchev–Trinajstić information content (AvgIpc) is 2.47. The Kier molecular flexibility index (Phi) is 3.68. The summed E-state index contributed by atoms with van der Waals surface area (Å²) in [7, 11) is 0. The number of hydrogen-bond donors (Lipinski definition) is 2. The molecule has 0 heterocycles. The lowest BCUT2D eigenvalue weighted by Gasteiger charge is -2.35. The summed E-state index contributed by atoms with van der Waals surface area (Å²) in [6.07, 6.45) is 4.52. The van der Waals surface area contributed by atoms with Crippen molar-refractivity contribution in [3.63, 3.8) is 0 Å². The Morgan fingerprint density at radius 1 is 1.05 bits per heavy atom. The average molecular weight is 284 g/mol. The molecule has 1 fully saturated rings. The molecule has 2 aromatic rings. The van der Waals surface area contributed by atoms with Gasteiger partial charge in [0.1, 0.15) is 0 Å². The highest BCUT2D eigenvalue weighted by Gasteiger charge is 2.34. The first-order valence-corrected chi connectivity index (χ1v) is 7.55. The van der Waals surface area contributed by atoms with Crippen LogP contribution in [0.3, 0.4) is 0 Å². The van der Waals surface area contributed by atoms with Crippen LogP contribution in [0.2, 0.25) is 0 Å². The third-order valence-electron chi connectivity index (χ3n) is 4.50. The van der Waals surface area contributed by atoms with E-state index < -0.39 is 11.6 Å². The largest absolute Gasteiger partial charge is 0.481 e. The van der Waals surface area contributed by atoms with Gasteiger partial charge >= 0.3 is 5.97 Å². The van der Waals surface area contributed by atoms with Gasteiger partial charge in [-0.15, -0.1) is 0 Å². The zero-order valence-corrected chi connectivity index (χ0v) is 12.0. The van der Waals surface area contributed by atoms with Gasteiger partial charge in [-0.1, -0.05) is 55.7 Å². The fourth-order valence-electron chi connectivity index (χ4n) is 3.56. The first kappa shape index (κ1) is 14.1. The fourth-order valence-corrected chi connectivity index (χ4v) is 3.56. The molecule has 0 atom stereocenters. The molecule has 1 saturated carbocycles. The summed E-state index contributed by atoms with van der Waals surface area (Å²) in [6, 6.07) is 11.7. The lowest BCUT2D eigenvalue weighted by molar-refractivity contribution is -0.136. The molecular formula is C18H20O3. The maximum absolute atomic E-state index is 11.2. The number of fused-ring (bicyclic) bond motifs is 1. The summed E-state index contributed by atoms with van der Waals surface area (Å²) in [5.74, 6) is -0.856. The van der Waals surface area contributed by atoms with Crippen LogP contribution in [0.1, 0.15) is 43.2 Å². The second-order valence-corrected chi connectivity index (χ2v) is 5.98. The normalized spacial score (nSPS) is 17.8. The molecule has 2 N–H and O–H groups in total. The zero-order chi connectivity index (χ0) is 14.9. The van der Waals surface area contributed by atoms with Crippen LogP contribution >= 0.6 is 0 Å². The summed E-state index contributed by atoms with van der Waals surface area (Å²) in [6.45, 7) is 0. The number of carboxylic acid groups (broad SMARTS) is 1. The van der Waals surface area contributed by atoms with Crippen LogP contribution in [0.5, 0.6) is 0 Å². The predicted octanol–water partition coefficient (Wildman–Crippen LogP) is 3.62.